The Bertz CT molecular complexity index is 906. The summed E-state index contributed by atoms with van der Waals surface area (Å²) in [4.78, 5) is 16.6. The first kappa shape index (κ1) is 18.1. The maximum absolute atomic E-state index is 12.2. The zero-order valence-electron chi connectivity index (χ0n) is 14.9. The highest BCUT2D eigenvalue weighted by atomic mass is 32.2. The molecule has 26 heavy (non-hydrogen) atoms. The molecule has 0 unspecified atom stereocenters. The van der Waals surface area contributed by atoms with Crippen molar-refractivity contribution in [2.24, 2.45) is 0 Å². The van der Waals surface area contributed by atoms with Crippen LogP contribution in [0.1, 0.15) is 27.9 Å². The number of nitriles is 1. The second kappa shape index (κ2) is 7.67. The van der Waals surface area contributed by atoms with E-state index < -0.39 is 0 Å². The predicted molar refractivity (Wildman–Crippen MR) is 98.3 cm³/mol. The fraction of sp³-hybridized carbons (Fsp3) is 0.316. The molecule has 0 atom stereocenters. The molecule has 0 radical (unpaired) electrons. The molecule has 1 aromatic carbocycles. The molecule has 1 amide bonds. The van der Waals surface area contributed by atoms with Gasteiger partial charge < -0.3 is 14.8 Å². The molecular weight excluding hydrogens is 350 g/mol. The Labute approximate surface area is 156 Å². The molecule has 1 aromatic heterocycles. The zero-order valence-corrected chi connectivity index (χ0v) is 15.7. The molecule has 0 bridgehead atoms. The quantitative estimate of drug-likeness (QED) is 0.816. The van der Waals surface area contributed by atoms with Crippen LogP contribution in [0.15, 0.2) is 23.2 Å². The van der Waals surface area contributed by atoms with Crippen molar-refractivity contribution in [1.82, 2.24) is 10.3 Å². The topological polar surface area (TPSA) is 84.2 Å². The summed E-state index contributed by atoms with van der Waals surface area (Å²) in [5, 5.41) is 12.9. The number of carbonyl (C=O) groups is 1. The number of thioether (sulfide) groups is 1. The third-order valence-corrected chi connectivity index (χ3v) is 5.32. The molecule has 0 saturated heterocycles. The minimum Gasteiger partial charge on any atom is -0.454 e. The predicted octanol–water partition coefficient (Wildman–Crippen LogP) is 3.02. The summed E-state index contributed by atoms with van der Waals surface area (Å²) in [6.07, 6.45) is 0. The Morgan fingerprint density at radius 1 is 1.27 bits per heavy atom. The Morgan fingerprint density at radius 2 is 2.04 bits per heavy atom. The molecular formula is C19H19N3O3S. The number of aromatic nitrogens is 1. The molecule has 1 aliphatic heterocycles. The van der Waals surface area contributed by atoms with Crippen molar-refractivity contribution in [3.8, 4) is 17.6 Å². The van der Waals surface area contributed by atoms with Crippen LogP contribution in [0, 0.1) is 32.1 Å². The van der Waals surface area contributed by atoms with Crippen LogP contribution < -0.4 is 14.8 Å². The van der Waals surface area contributed by atoms with Gasteiger partial charge in [-0.05, 0) is 49.6 Å². The monoisotopic (exact) mass is 369 g/mol. The Balaban J connectivity index is 1.59. The summed E-state index contributed by atoms with van der Waals surface area (Å²) in [6, 6.07) is 7.78. The van der Waals surface area contributed by atoms with E-state index in [1.54, 1.807) is 0 Å². The molecule has 1 aliphatic rings. The van der Waals surface area contributed by atoms with Crippen LogP contribution in [-0.4, -0.2) is 23.4 Å². The first-order chi connectivity index (χ1) is 12.5. The summed E-state index contributed by atoms with van der Waals surface area (Å²) in [6.45, 7) is 6.40. The molecule has 6 nitrogen and oxygen atoms in total. The molecule has 7 heteroatoms. The molecule has 3 rings (SSSR count). The number of aryl methyl sites for hydroxylation is 1. The van der Waals surface area contributed by atoms with Gasteiger partial charge in [-0.1, -0.05) is 17.8 Å². The van der Waals surface area contributed by atoms with Gasteiger partial charge in [-0.25, -0.2) is 4.98 Å². The number of fused-ring (bicyclic) bond motifs is 1. The van der Waals surface area contributed by atoms with Crippen molar-refractivity contribution >= 4 is 17.7 Å². The van der Waals surface area contributed by atoms with E-state index in [4.69, 9.17) is 9.47 Å². The number of carbonyl (C=O) groups excluding carboxylic acids is 1. The molecule has 2 heterocycles. The lowest BCUT2D eigenvalue weighted by molar-refractivity contribution is -0.118. The van der Waals surface area contributed by atoms with Gasteiger partial charge >= 0.3 is 0 Å². The van der Waals surface area contributed by atoms with Gasteiger partial charge in [-0.2, -0.15) is 5.26 Å². The average molecular weight is 369 g/mol. The minimum absolute atomic E-state index is 0.116. The van der Waals surface area contributed by atoms with Crippen molar-refractivity contribution in [2.75, 3.05) is 12.5 Å². The highest BCUT2D eigenvalue weighted by molar-refractivity contribution is 8.00. The number of rotatable bonds is 5. The Hall–Kier alpha value is -2.72. The first-order valence-corrected chi connectivity index (χ1v) is 9.14. The van der Waals surface area contributed by atoms with E-state index in [0.717, 1.165) is 28.1 Å². The molecule has 134 valence electrons. The standard InChI is InChI=1S/C19H19N3O3S/c1-11-12(2)15(7-20)19(22-13(11)3)26-9-18(23)21-8-14-4-5-16-17(6-14)25-10-24-16/h4-6H,8-10H2,1-3H3,(H,21,23). The minimum atomic E-state index is -0.116. The largest absolute Gasteiger partial charge is 0.454 e. The SMILES string of the molecule is Cc1nc(SCC(=O)NCc2ccc3c(c2)OCO3)c(C#N)c(C)c1C. The number of hydrogen-bond acceptors (Lipinski definition) is 6. The van der Waals surface area contributed by atoms with Crippen LogP contribution in [0.3, 0.4) is 0 Å². The van der Waals surface area contributed by atoms with E-state index >= 15 is 0 Å². The number of pyridine rings is 1. The van der Waals surface area contributed by atoms with Gasteiger partial charge in [-0.15, -0.1) is 0 Å². The van der Waals surface area contributed by atoms with E-state index in [2.05, 4.69) is 16.4 Å². The number of amides is 1. The van der Waals surface area contributed by atoms with Gasteiger partial charge in [0.1, 0.15) is 11.1 Å². The van der Waals surface area contributed by atoms with Crippen LogP contribution >= 0.6 is 11.8 Å². The normalized spacial score (nSPS) is 11.9. The van der Waals surface area contributed by atoms with Crippen molar-refractivity contribution in [2.45, 2.75) is 32.3 Å². The fourth-order valence-corrected chi connectivity index (χ4v) is 3.50. The number of nitrogens with one attached hydrogen (secondary N) is 1. The molecule has 0 fully saturated rings. The fourth-order valence-electron chi connectivity index (χ4n) is 2.58. The van der Waals surface area contributed by atoms with Crippen molar-refractivity contribution in [1.29, 1.82) is 5.26 Å². The van der Waals surface area contributed by atoms with E-state index in [-0.39, 0.29) is 18.5 Å². The number of hydrogen-bond donors (Lipinski definition) is 1. The molecule has 0 spiro atoms. The maximum Gasteiger partial charge on any atom is 0.231 e. The van der Waals surface area contributed by atoms with Crippen molar-refractivity contribution < 1.29 is 14.3 Å². The second-order valence-corrected chi connectivity index (χ2v) is 6.96. The van der Waals surface area contributed by atoms with Gasteiger partial charge in [-0.3, -0.25) is 4.79 Å². The summed E-state index contributed by atoms with van der Waals surface area (Å²) in [7, 11) is 0. The van der Waals surface area contributed by atoms with E-state index in [0.29, 0.717) is 22.9 Å². The second-order valence-electron chi connectivity index (χ2n) is 5.99. The van der Waals surface area contributed by atoms with Crippen molar-refractivity contribution in [3.63, 3.8) is 0 Å². The summed E-state index contributed by atoms with van der Waals surface area (Å²) in [5.41, 5.74) is 4.29. The van der Waals surface area contributed by atoms with Crippen LogP contribution in [0.2, 0.25) is 0 Å². The Kier molecular flexibility index (Phi) is 5.33. The molecule has 2 aromatic rings. The van der Waals surface area contributed by atoms with Gasteiger partial charge in [0, 0.05) is 12.2 Å². The lowest BCUT2D eigenvalue weighted by Crippen LogP contribution is -2.24. The third-order valence-electron chi connectivity index (χ3n) is 4.34. The summed E-state index contributed by atoms with van der Waals surface area (Å²) < 4.78 is 10.6. The zero-order chi connectivity index (χ0) is 18.7. The lowest BCUT2D eigenvalue weighted by atomic mass is 10.1. The Morgan fingerprint density at radius 3 is 2.81 bits per heavy atom. The molecule has 0 saturated carbocycles. The summed E-state index contributed by atoms with van der Waals surface area (Å²) >= 11 is 1.28. The lowest BCUT2D eigenvalue weighted by Gasteiger charge is -2.11. The highest BCUT2D eigenvalue weighted by Gasteiger charge is 2.15. The summed E-state index contributed by atoms with van der Waals surface area (Å²) in [5.74, 6) is 1.50. The third kappa shape index (κ3) is 3.75. The van der Waals surface area contributed by atoms with Crippen LogP contribution in [0.5, 0.6) is 11.5 Å². The number of ether oxygens (including phenoxy) is 2. The molecule has 0 aliphatic carbocycles. The average Bonchev–Trinajstić information content (AvgIpc) is 3.10. The van der Waals surface area contributed by atoms with E-state index in [1.165, 1.54) is 11.8 Å². The van der Waals surface area contributed by atoms with Crippen LogP contribution in [0.4, 0.5) is 0 Å². The maximum atomic E-state index is 12.2. The van der Waals surface area contributed by atoms with Gasteiger partial charge in [0.15, 0.2) is 11.5 Å². The van der Waals surface area contributed by atoms with Crippen molar-refractivity contribution in [3.05, 3.63) is 46.1 Å². The van der Waals surface area contributed by atoms with Gasteiger partial charge in [0.25, 0.3) is 0 Å². The highest BCUT2D eigenvalue weighted by Crippen LogP contribution is 2.32. The van der Waals surface area contributed by atoms with Crippen LogP contribution in [0.25, 0.3) is 0 Å². The van der Waals surface area contributed by atoms with Gasteiger partial charge in [0.2, 0.25) is 12.7 Å². The van der Waals surface area contributed by atoms with Crippen LogP contribution in [-0.2, 0) is 11.3 Å². The van der Waals surface area contributed by atoms with E-state index in [9.17, 15) is 10.1 Å². The molecule has 1 N–H and O–H groups in total. The smallest absolute Gasteiger partial charge is 0.231 e. The number of nitrogens with zero attached hydrogens (tertiary/aromatic N) is 2. The first-order valence-electron chi connectivity index (χ1n) is 8.15. The van der Waals surface area contributed by atoms with E-state index in [1.807, 2.05) is 39.0 Å². The van der Waals surface area contributed by atoms with Gasteiger partial charge in [0.05, 0.1) is 11.3 Å². The number of benzene rings is 1.